The SMILES string of the molecule is COc1cc(CO)ccc1OCC(O)CNC1CC1. The molecule has 0 amide bonds. The average molecular weight is 267 g/mol. The lowest BCUT2D eigenvalue weighted by atomic mass is 10.2. The van der Waals surface area contributed by atoms with E-state index in [1.165, 1.54) is 12.8 Å². The van der Waals surface area contributed by atoms with Gasteiger partial charge in [-0.25, -0.2) is 0 Å². The van der Waals surface area contributed by atoms with Gasteiger partial charge in [0.2, 0.25) is 0 Å². The number of methoxy groups -OCH3 is 1. The summed E-state index contributed by atoms with van der Waals surface area (Å²) >= 11 is 0. The van der Waals surface area contributed by atoms with E-state index in [-0.39, 0.29) is 13.2 Å². The van der Waals surface area contributed by atoms with E-state index in [2.05, 4.69) is 5.32 Å². The van der Waals surface area contributed by atoms with E-state index in [1.54, 1.807) is 25.3 Å². The van der Waals surface area contributed by atoms with Gasteiger partial charge in [-0.3, -0.25) is 0 Å². The summed E-state index contributed by atoms with van der Waals surface area (Å²) < 4.78 is 10.7. The van der Waals surface area contributed by atoms with Gasteiger partial charge < -0.3 is 25.0 Å². The van der Waals surface area contributed by atoms with Gasteiger partial charge in [0.15, 0.2) is 11.5 Å². The predicted octanol–water partition coefficient (Wildman–Crippen LogP) is 0.679. The summed E-state index contributed by atoms with van der Waals surface area (Å²) in [4.78, 5) is 0. The van der Waals surface area contributed by atoms with E-state index in [4.69, 9.17) is 14.6 Å². The monoisotopic (exact) mass is 267 g/mol. The maximum Gasteiger partial charge on any atom is 0.161 e. The lowest BCUT2D eigenvalue weighted by molar-refractivity contribution is 0.104. The first kappa shape index (κ1) is 14.1. The van der Waals surface area contributed by atoms with Crippen LogP contribution in [0.3, 0.4) is 0 Å². The molecule has 5 nitrogen and oxygen atoms in total. The molecular formula is C14H21NO4. The highest BCUT2D eigenvalue weighted by molar-refractivity contribution is 5.42. The number of hydrogen-bond acceptors (Lipinski definition) is 5. The number of nitrogens with one attached hydrogen (secondary N) is 1. The second kappa shape index (κ2) is 6.75. The first-order valence-corrected chi connectivity index (χ1v) is 6.55. The van der Waals surface area contributed by atoms with Crippen LogP contribution in [0.1, 0.15) is 18.4 Å². The quantitative estimate of drug-likeness (QED) is 0.646. The zero-order chi connectivity index (χ0) is 13.7. The normalized spacial score (nSPS) is 16.2. The highest BCUT2D eigenvalue weighted by Gasteiger charge is 2.21. The van der Waals surface area contributed by atoms with Crippen LogP contribution < -0.4 is 14.8 Å². The Bertz CT molecular complexity index is 406. The minimum Gasteiger partial charge on any atom is -0.493 e. The summed E-state index contributed by atoms with van der Waals surface area (Å²) in [5, 5.41) is 22.1. The maximum absolute atomic E-state index is 9.78. The van der Waals surface area contributed by atoms with Gasteiger partial charge in [0, 0.05) is 12.6 Å². The van der Waals surface area contributed by atoms with Crippen LogP contribution in [-0.2, 0) is 6.61 Å². The third-order valence-corrected chi connectivity index (χ3v) is 3.06. The highest BCUT2D eigenvalue weighted by atomic mass is 16.5. The Morgan fingerprint density at radius 3 is 2.79 bits per heavy atom. The molecule has 5 heteroatoms. The molecule has 1 fully saturated rings. The van der Waals surface area contributed by atoms with Crippen molar-refractivity contribution in [2.24, 2.45) is 0 Å². The van der Waals surface area contributed by atoms with Crippen LogP contribution in [0.25, 0.3) is 0 Å². The van der Waals surface area contributed by atoms with Crippen LogP contribution in [0.15, 0.2) is 18.2 Å². The Kier molecular flexibility index (Phi) is 5.01. The molecule has 1 aromatic carbocycles. The van der Waals surface area contributed by atoms with E-state index in [0.29, 0.717) is 24.1 Å². The molecule has 1 unspecified atom stereocenters. The molecule has 0 aliphatic heterocycles. The maximum atomic E-state index is 9.78. The van der Waals surface area contributed by atoms with Gasteiger partial charge in [0.1, 0.15) is 12.7 Å². The molecule has 1 atom stereocenters. The summed E-state index contributed by atoms with van der Waals surface area (Å²) in [5.74, 6) is 1.14. The lowest BCUT2D eigenvalue weighted by Crippen LogP contribution is -2.32. The van der Waals surface area contributed by atoms with Crippen molar-refractivity contribution in [2.75, 3.05) is 20.3 Å². The molecule has 19 heavy (non-hydrogen) atoms. The second-order valence-electron chi connectivity index (χ2n) is 4.79. The van der Waals surface area contributed by atoms with Crippen molar-refractivity contribution in [2.45, 2.75) is 31.6 Å². The minimum absolute atomic E-state index is 0.0371. The van der Waals surface area contributed by atoms with Crippen molar-refractivity contribution in [3.8, 4) is 11.5 Å². The smallest absolute Gasteiger partial charge is 0.161 e. The van der Waals surface area contributed by atoms with Crippen molar-refractivity contribution in [3.63, 3.8) is 0 Å². The largest absolute Gasteiger partial charge is 0.493 e. The van der Waals surface area contributed by atoms with E-state index >= 15 is 0 Å². The van der Waals surface area contributed by atoms with Crippen molar-refractivity contribution >= 4 is 0 Å². The summed E-state index contributed by atoms with van der Waals surface area (Å²) in [6.07, 6.45) is 1.86. The third-order valence-electron chi connectivity index (χ3n) is 3.06. The Balaban J connectivity index is 1.83. The zero-order valence-corrected chi connectivity index (χ0v) is 11.1. The highest BCUT2D eigenvalue weighted by Crippen LogP contribution is 2.28. The van der Waals surface area contributed by atoms with E-state index in [9.17, 15) is 5.11 Å². The molecule has 106 valence electrons. The van der Waals surface area contributed by atoms with Crippen molar-refractivity contribution in [3.05, 3.63) is 23.8 Å². The van der Waals surface area contributed by atoms with Gasteiger partial charge in [-0.2, -0.15) is 0 Å². The Morgan fingerprint density at radius 2 is 2.16 bits per heavy atom. The van der Waals surface area contributed by atoms with Crippen LogP contribution in [-0.4, -0.2) is 42.6 Å². The van der Waals surface area contributed by atoms with Gasteiger partial charge in [0.25, 0.3) is 0 Å². The molecule has 0 bridgehead atoms. The fourth-order valence-electron chi connectivity index (χ4n) is 1.76. The van der Waals surface area contributed by atoms with Crippen LogP contribution in [0.2, 0.25) is 0 Å². The molecule has 1 aliphatic rings. The summed E-state index contributed by atoms with van der Waals surface area (Å²) in [5.41, 5.74) is 0.764. The van der Waals surface area contributed by atoms with E-state index < -0.39 is 6.10 Å². The summed E-state index contributed by atoms with van der Waals surface area (Å²) in [6, 6.07) is 5.82. The fraction of sp³-hybridized carbons (Fsp3) is 0.571. The van der Waals surface area contributed by atoms with Gasteiger partial charge in [-0.15, -0.1) is 0 Å². The number of aliphatic hydroxyl groups excluding tert-OH is 2. The summed E-state index contributed by atoms with van der Waals surface area (Å²) in [7, 11) is 1.55. The van der Waals surface area contributed by atoms with Gasteiger partial charge in [-0.05, 0) is 30.5 Å². The van der Waals surface area contributed by atoms with Crippen molar-refractivity contribution < 1.29 is 19.7 Å². The van der Waals surface area contributed by atoms with Crippen molar-refractivity contribution in [1.82, 2.24) is 5.32 Å². The predicted molar refractivity (Wildman–Crippen MR) is 71.4 cm³/mol. The average Bonchev–Trinajstić information content (AvgIpc) is 3.26. The molecule has 1 saturated carbocycles. The Morgan fingerprint density at radius 1 is 1.37 bits per heavy atom. The van der Waals surface area contributed by atoms with E-state index in [0.717, 1.165) is 5.56 Å². The van der Waals surface area contributed by atoms with Gasteiger partial charge >= 0.3 is 0 Å². The Labute approximate surface area is 113 Å². The third kappa shape index (κ3) is 4.38. The molecule has 1 aliphatic carbocycles. The molecule has 3 N–H and O–H groups in total. The Hall–Kier alpha value is -1.30. The number of hydrogen-bond donors (Lipinski definition) is 3. The first-order chi connectivity index (χ1) is 9.22. The lowest BCUT2D eigenvalue weighted by Gasteiger charge is -2.15. The molecule has 1 aromatic rings. The van der Waals surface area contributed by atoms with Gasteiger partial charge in [-0.1, -0.05) is 6.07 Å². The number of rotatable bonds is 8. The zero-order valence-electron chi connectivity index (χ0n) is 11.1. The summed E-state index contributed by atoms with van der Waals surface area (Å²) in [6.45, 7) is 0.723. The molecule has 0 radical (unpaired) electrons. The minimum atomic E-state index is -0.539. The number of benzene rings is 1. The number of ether oxygens (including phenoxy) is 2. The van der Waals surface area contributed by atoms with Crippen LogP contribution in [0, 0.1) is 0 Å². The van der Waals surface area contributed by atoms with Crippen LogP contribution in [0.4, 0.5) is 0 Å². The van der Waals surface area contributed by atoms with Crippen LogP contribution >= 0.6 is 0 Å². The van der Waals surface area contributed by atoms with Crippen molar-refractivity contribution in [1.29, 1.82) is 0 Å². The molecule has 2 rings (SSSR count). The molecular weight excluding hydrogens is 246 g/mol. The molecule has 0 aromatic heterocycles. The van der Waals surface area contributed by atoms with E-state index in [1.807, 2.05) is 0 Å². The van der Waals surface area contributed by atoms with Crippen LogP contribution in [0.5, 0.6) is 11.5 Å². The first-order valence-electron chi connectivity index (χ1n) is 6.55. The standard InChI is InChI=1S/C14H21NO4/c1-18-14-6-10(8-16)2-5-13(14)19-9-12(17)7-15-11-3-4-11/h2,5-6,11-12,15-17H,3-4,7-9H2,1H3. The topological polar surface area (TPSA) is 71.0 Å². The molecule has 0 heterocycles. The molecule has 0 saturated heterocycles. The fourth-order valence-corrected chi connectivity index (χ4v) is 1.76. The van der Waals surface area contributed by atoms with Gasteiger partial charge in [0.05, 0.1) is 13.7 Å². The molecule has 0 spiro atoms. The second-order valence-corrected chi connectivity index (χ2v) is 4.79. The number of aliphatic hydroxyl groups is 2.